The summed E-state index contributed by atoms with van der Waals surface area (Å²) in [6.45, 7) is 4.96. The predicted octanol–water partition coefficient (Wildman–Crippen LogP) is 2.18. The van der Waals surface area contributed by atoms with Crippen molar-refractivity contribution < 1.29 is 0 Å². The van der Waals surface area contributed by atoms with E-state index >= 15 is 0 Å². The Morgan fingerprint density at radius 2 is 2.33 bits per heavy atom. The normalized spacial score (nSPS) is 18.1. The number of fused-ring (bicyclic) bond motifs is 3. The molecule has 1 aliphatic heterocycles. The first-order valence-corrected chi connectivity index (χ1v) is 6.69. The van der Waals surface area contributed by atoms with Gasteiger partial charge in [-0.3, -0.25) is 4.57 Å². The molecule has 1 N–H and O–H groups in total. The first-order valence-electron chi connectivity index (χ1n) is 5.89. The van der Waals surface area contributed by atoms with Crippen LogP contribution in [0.5, 0.6) is 0 Å². The number of aromatic nitrogens is 3. The standard InChI is InChI=1S/C12H13BrN4O/c1-6(2)9-5-15-11-10-8(3-7(13)4-14-10)16-12(18)17(9)11/h3-4,6,9,15H,5H2,1-2H3. The lowest BCUT2D eigenvalue weighted by molar-refractivity contribution is 0.410. The molecular formula is C12H13BrN4O. The van der Waals surface area contributed by atoms with Crippen molar-refractivity contribution in [3.63, 3.8) is 0 Å². The van der Waals surface area contributed by atoms with Crippen LogP contribution >= 0.6 is 15.9 Å². The Bertz CT molecular complexity index is 680. The van der Waals surface area contributed by atoms with Crippen LogP contribution in [-0.2, 0) is 0 Å². The highest BCUT2D eigenvalue weighted by molar-refractivity contribution is 9.10. The van der Waals surface area contributed by atoms with Gasteiger partial charge in [-0.05, 0) is 27.9 Å². The van der Waals surface area contributed by atoms with Crippen LogP contribution in [-0.4, -0.2) is 21.1 Å². The molecule has 18 heavy (non-hydrogen) atoms. The second-order valence-electron chi connectivity index (χ2n) is 4.83. The highest BCUT2D eigenvalue weighted by Crippen LogP contribution is 2.31. The topological polar surface area (TPSA) is 59.8 Å². The second-order valence-corrected chi connectivity index (χ2v) is 5.74. The van der Waals surface area contributed by atoms with Crippen molar-refractivity contribution in [3.05, 3.63) is 27.2 Å². The molecule has 0 amide bonds. The molecule has 0 aromatic carbocycles. The SMILES string of the molecule is CC(C)C1CNc2c3ncc(Br)cc3nc(=O)n21. The molecule has 0 bridgehead atoms. The summed E-state index contributed by atoms with van der Waals surface area (Å²) < 4.78 is 2.55. The van der Waals surface area contributed by atoms with Crippen LogP contribution in [0.1, 0.15) is 19.9 Å². The van der Waals surface area contributed by atoms with Crippen LogP contribution in [0.15, 0.2) is 21.5 Å². The zero-order valence-electron chi connectivity index (χ0n) is 10.1. The van der Waals surface area contributed by atoms with Crippen molar-refractivity contribution >= 4 is 32.8 Å². The van der Waals surface area contributed by atoms with Crippen molar-refractivity contribution in [3.8, 4) is 0 Å². The summed E-state index contributed by atoms with van der Waals surface area (Å²) in [7, 11) is 0. The third-order valence-corrected chi connectivity index (χ3v) is 3.74. The van der Waals surface area contributed by atoms with Crippen LogP contribution < -0.4 is 11.0 Å². The zero-order chi connectivity index (χ0) is 12.9. The Kier molecular flexibility index (Phi) is 2.62. The minimum atomic E-state index is -0.207. The van der Waals surface area contributed by atoms with E-state index in [1.165, 1.54) is 0 Å². The summed E-state index contributed by atoms with van der Waals surface area (Å²) in [4.78, 5) is 20.6. The Morgan fingerprint density at radius 3 is 3.06 bits per heavy atom. The molecule has 0 saturated carbocycles. The van der Waals surface area contributed by atoms with Crippen LogP contribution in [0.2, 0.25) is 0 Å². The molecule has 0 saturated heterocycles. The van der Waals surface area contributed by atoms with E-state index in [0.717, 1.165) is 22.4 Å². The van der Waals surface area contributed by atoms with Gasteiger partial charge in [-0.25, -0.2) is 9.78 Å². The van der Waals surface area contributed by atoms with Gasteiger partial charge >= 0.3 is 5.69 Å². The van der Waals surface area contributed by atoms with Gasteiger partial charge in [0.05, 0.1) is 11.6 Å². The van der Waals surface area contributed by atoms with Crippen LogP contribution in [0, 0.1) is 5.92 Å². The molecule has 3 rings (SSSR count). The van der Waals surface area contributed by atoms with E-state index in [4.69, 9.17) is 0 Å². The van der Waals surface area contributed by atoms with Gasteiger partial charge < -0.3 is 5.32 Å². The van der Waals surface area contributed by atoms with Crippen molar-refractivity contribution in [2.75, 3.05) is 11.9 Å². The number of hydrogen-bond donors (Lipinski definition) is 1. The van der Waals surface area contributed by atoms with Gasteiger partial charge in [0.2, 0.25) is 0 Å². The lowest BCUT2D eigenvalue weighted by Gasteiger charge is -2.16. The molecule has 1 unspecified atom stereocenters. The van der Waals surface area contributed by atoms with E-state index in [0.29, 0.717) is 11.4 Å². The van der Waals surface area contributed by atoms with Crippen molar-refractivity contribution in [1.29, 1.82) is 0 Å². The summed E-state index contributed by atoms with van der Waals surface area (Å²) in [5.41, 5.74) is 1.17. The fourth-order valence-corrected chi connectivity index (χ4v) is 2.69. The van der Waals surface area contributed by atoms with Gasteiger partial charge in [-0.1, -0.05) is 13.8 Å². The maximum absolute atomic E-state index is 12.1. The smallest absolute Gasteiger partial charge is 0.350 e. The molecule has 94 valence electrons. The number of hydrogen-bond acceptors (Lipinski definition) is 4. The molecule has 2 aromatic heterocycles. The minimum absolute atomic E-state index is 0.148. The van der Waals surface area contributed by atoms with E-state index in [9.17, 15) is 4.79 Å². The Hall–Kier alpha value is -1.43. The van der Waals surface area contributed by atoms with E-state index in [1.54, 1.807) is 10.8 Å². The highest BCUT2D eigenvalue weighted by Gasteiger charge is 2.28. The van der Waals surface area contributed by atoms with Crippen molar-refractivity contribution in [2.24, 2.45) is 5.92 Å². The summed E-state index contributed by atoms with van der Waals surface area (Å²) in [5.74, 6) is 1.17. The van der Waals surface area contributed by atoms with E-state index in [2.05, 4.69) is 45.1 Å². The molecule has 0 spiro atoms. The van der Waals surface area contributed by atoms with Gasteiger partial charge in [0, 0.05) is 17.2 Å². The largest absolute Gasteiger partial charge is 0.367 e. The van der Waals surface area contributed by atoms with Gasteiger partial charge in [0.25, 0.3) is 0 Å². The quantitative estimate of drug-likeness (QED) is 0.877. The highest BCUT2D eigenvalue weighted by atomic mass is 79.9. The third-order valence-electron chi connectivity index (χ3n) is 3.30. The summed E-state index contributed by atoms with van der Waals surface area (Å²) in [6, 6.07) is 1.96. The number of pyridine rings is 1. The van der Waals surface area contributed by atoms with Crippen molar-refractivity contribution in [2.45, 2.75) is 19.9 Å². The first kappa shape index (κ1) is 11.6. The number of nitrogens with one attached hydrogen (secondary N) is 1. The monoisotopic (exact) mass is 308 g/mol. The number of anilines is 1. The van der Waals surface area contributed by atoms with Gasteiger partial charge in [0.15, 0.2) is 0 Å². The van der Waals surface area contributed by atoms with E-state index in [-0.39, 0.29) is 11.7 Å². The van der Waals surface area contributed by atoms with Gasteiger partial charge in [0.1, 0.15) is 11.3 Å². The fourth-order valence-electron chi connectivity index (χ4n) is 2.37. The average molecular weight is 309 g/mol. The van der Waals surface area contributed by atoms with Crippen molar-refractivity contribution in [1.82, 2.24) is 14.5 Å². The molecule has 0 radical (unpaired) electrons. The zero-order valence-corrected chi connectivity index (χ0v) is 11.7. The second kappa shape index (κ2) is 4.05. The third kappa shape index (κ3) is 1.63. The molecule has 2 aromatic rings. The fraction of sp³-hybridized carbons (Fsp3) is 0.417. The average Bonchev–Trinajstić information content (AvgIpc) is 2.73. The van der Waals surface area contributed by atoms with Crippen LogP contribution in [0.4, 0.5) is 5.82 Å². The Labute approximate surface area is 112 Å². The number of halogens is 1. The summed E-state index contributed by atoms with van der Waals surface area (Å²) in [5, 5.41) is 3.28. The summed E-state index contributed by atoms with van der Waals surface area (Å²) >= 11 is 3.34. The Balaban J connectivity index is 2.33. The maximum atomic E-state index is 12.1. The van der Waals surface area contributed by atoms with Crippen LogP contribution in [0.3, 0.4) is 0 Å². The lowest BCUT2D eigenvalue weighted by Crippen LogP contribution is -2.27. The van der Waals surface area contributed by atoms with E-state index < -0.39 is 0 Å². The van der Waals surface area contributed by atoms with Crippen LogP contribution in [0.25, 0.3) is 11.0 Å². The Morgan fingerprint density at radius 1 is 1.56 bits per heavy atom. The van der Waals surface area contributed by atoms with Gasteiger partial charge in [-0.15, -0.1) is 0 Å². The molecule has 3 heterocycles. The molecule has 6 heteroatoms. The molecule has 5 nitrogen and oxygen atoms in total. The minimum Gasteiger partial charge on any atom is -0.367 e. The van der Waals surface area contributed by atoms with Gasteiger partial charge in [-0.2, -0.15) is 4.98 Å². The first-order chi connectivity index (χ1) is 8.58. The summed E-state index contributed by atoms with van der Waals surface area (Å²) in [6.07, 6.45) is 1.72. The lowest BCUT2D eigenvalue weighted by atomic mass is 10.1. The molecule has 0 aliphatic carbocycles. The molecular weight excluding hydrogens is 296 g/mol. The molecule has 1 atom stereocenters. The number of nitrogens with zero attached hydrogens (tertiary/aromatic N) is 3. The predicted molar refractivity (Wildman–Crippen MR) is 73.9 cm³/mol. The maximum Gasteiger partial charge on any atom is 0.350 e. The molecule has 0 fully saturated rings. The van der Waals surface area contributed by atoms with E-state index in [1.807, 2.05) is 6.07 Å². The number of rotatable bonds is 1. The molecule has 1 aliphatic rings.